The number of nitrogens with two attached hydrogens (primary N) is 1. The Morgan fingerprint density at radius 2 is 2.20 bits per heavy atom. The molecule has 0 saturated carbocycles. The van der Waals surface area contributed by atoms with Crippen molar-refractivity contribution in [2.75, 3.05) is 24.6 Å². The van der Waals surface area contributed by atoms with Crippen LogP contribution < -0.4 is 5.73 Å². The summed E-state index contributed by atoms with van der Waals surface area (Å²) >= 11 is 1.84. The zero-order valence-electron chi connectivity index (χ0n) is 8.85. The molecule has 0 radical (unpaired) electrons. The van der Waals surface area contributed by atoms with Crippen LogP contribution in [0.1, 0.15) is 13.3 Å². The lowest BCUT2D eigenvalue weighted by molar-refractivity contribution is -0.133. The molecule has 1 unspecified atom stereocenters. The van der Waals surface area contributed by atoms with E-state index >= 15 is 0 Å². The van der Waals surface area contributed by atoms with Gasteiger partial charge in [0.05, 0.1) is 5.92 Å². The third-order valence-corrected chi connectivity index (χ3v) is 3.44. The maximum absolute atomic E-state index is 12.0. The number of nitrogens with zero attached hydrogens (tertiary/aromatic N) is 2. The second-order valence-electron chi connectivity index (χ2n) is 3.42. The molecule has 6 heteroatoms. The van der Waals surface area contributed by atoms with E-state index < -0.39 is 5.92 Å². The fourth-order valence-corrected chi connectivity index (χ4v) is 2.49. The number of hydrogen-bond donors (Lipinski definition) is 2. The molecule has 0 aliphatic carbocycles. The van der Waals surface area contributed by atoms with Crippen molar-refractivity contribution in [2.24, 2.45) is 16.8 Å². The van der Waals surface area contributed by atoms with Gasteiger partial charge in [0, 0.05) is 24.6 Å². The number of rotatable bonds is 3. The third-order valence-electron chi connectivity index (χ3n) is 2.50. The molecule has 0 spiro atoms. The first-order chi connectivity index (χ1) is 7.20. The van der Waals surface area contributed by atoms with Gasteiger partial charge in [0.15, 0.2) is 5.84 Å². The molecule has 0 aromatic carbocycles. The highest BCUT2D eigenvalue weighted by molar-refractivity contribution is 7.99. The highest BCUT2D eigenvalue weighted by Crippen LogP contribution is 2.14. The summed E-state index contributed by atoms with van der Waals surface area (Å²) < 4.78 is 0. The fourth-order valence-electron chi connectivity index (χ4n) is 1.58. The Kier molecular flexibility index (Phi) is 4.74. The summed E-state index contributed by atoms with van der Waals surface area (Å²) in [6.07, 6.45) is 0.568. The smallest absolute Gasteiger partial charge is 0.233 e. The molecule has 1 atom stereocenters. The Bertz CT molecular complexity index is 252. The Morgan fingerprint density at radius 3 is 2.67 bits per heavy atom. The van der Waals surface area contributed by atoms with Gasteiger partial charge >= 0.3 is 0 Å². The van der Waals surface area contributed by atoms with Gasteiger partial charge in [-0.05, 0) is 6.42 Å². The van der Waals surface area contributed by atoms with Crippen LogP contribution >= 0.6 is 11.8 Å². The monoisotopic (exact) mass is 231 g/mol. The van der Waals surface area contributed by atoms with Crippen LogP contribution in [0.3, 0.4) is 0 Å². The van der Waals surface area contributed by atoms with E-state index in [9.17, 15) is 4.79 Å². The number of thioether (sulfide) groups is 1. The molecule has 1 aliphatic rings. The molecule has 86 valence electrons. The number of oxime groups is 1. The predicted octanol–water partition coefficient (Wildman–Crippen LogP) is 0.334. The molecule has 3 N–H and O–H groups in total. The highest BCUT2D eigenvalue weighted by Gasteiger charge is 2.27. The van der Waals surface area contributed by atoms with Crippen molar-refractivity contribution < 1.29 is 10.0 Å². The minimum absolute atomic E-state index is 0.0146. The molecule has 1 saturated heterocycles. The summed E-state index contributed by atoms with van der Waals surface area (Å²) in [7, 11) is 0. The quantitative estimate of drug-likeness (QED) is 0.317. The molecule has 1 heterocycles. The number of carbonyl (C=O) groups is 1. The summed E-state index contributed by atoms with van der Waals surface area (Å²) in [5.74, 6) is 1.46. The van der Waals surface area contributed by atoms with Crippen LogP contribution in [0.2, 0.25) is 0 Å². The molecular formula is C9H17N3O2S. The number of carbonyl (C=O) groups excluding carboxylic acids is 1. The molecule has 0 bridgehead atoms. The van der Waals surface area contributed by atoms with Gasteiger partial charge in [-0.15, -0.1) is 0 Å². The van der Waals surface area contributed by atoms with Gasteiger partial charge in [0.2, 0.25) is 5.91 Å². The summed E-state index contributed by atoms with van der Waals surface area (Å²) in [6, 6.07) is 0. The number of hydrogen-bond acceptors (Lipinski definition) is 4. The molecular weight excluding hydrogens is 214 g/mol. The SMILES string of the molecule is CCC(C(=O)N1CCSCC1)C(N)=NO. The lowest BCUT2D eigenvalue weighted by atomic mass is 10.0. The highest BCUT2D eigenvalue weighted by atomic mass is 32.2. The first kappa shape index (κ1) is 12.2. The first-order valence-corrected chi connectivity index (χ1v) is 6.20. The van der Waals surface area contributed by atoms with Gasteiger partial charge < -0.3 is 15.8 Å². The standard InChI is InChI=1S/C9H17N3O2S/c1-2-7(8(10)11-14)9(13)12-3-5-15-6-4-12/h7,14H,2-6H2,1H3,(H2,10,11). The van der Waals surface area contributed by atoms with E-state index in [1.54, 1.807) is 4.90 Å². The van der Waals surface area contributed by atoms with Crippen molar-refractivity contribution in [3.63, 3.8) is 0 Å². The minimum atomic E-state index is -0.474. The van der Waals surface area contributed by atoms with Gasteiger partial charge in [0.1, 0.15) is 0 Å². The van der Waals surface area contributed by atoms with E-state index in [4.69, 9.17) is 10.9 Å². The van der Waals surface area contributed by atoms with Crippen molar-refractivity contribution in [1.82, 2.24) is 4.90 Å². The topological polar surface area (TPSA) is 78.9 Å². The second-order valence-corrected chi connectivity index (χ2v) is 4.65. The number of amides is 1. The van der Waals surface area contributed by atoms with Crippen LogP contribution in [0.4, 0.5) is 0 Å². The van der Waals surface area contributed by atoms with Crippen LogP contribution in [-0.2, 0) is 4.79 Å². The summed E-state index contributed by atoms with van der Waals surface area (Å²) in [6.45, 7) is 3.39. The lowest BCUT2D eigenvalue weighted by Crippen LogP contribution is -2.45. The Labute approximate surface area is 93.7 Å². The van der Waals surface area contributed by atoms with Crippen molar-refractivity contribution in [1.29, 1.82) is 0 Å². The average Bonchev–Trinajstić information content (AvgIpc) is 2.30. The van der Waals surface area contributed by atoms with E-state index in [0.29, 0.717) is 6.42 Å². The van der Waals surface area contributed by atoms with Crippen molar-refractivity contribution >= 4 is 23.5 Å². The van der Waals surface area contributed by atoms with Crippen LogP contribution in [-0.4, -0.2) is 46.4 Å². The molecule has 1 fully saturated rings. The summed E-state index contributed by atoms with van der Waals surface area (Å²) in [5.41, 5.74) is 5.48. The van der Waals surface area contributed by atoms with Gasteiger partial charge in [0.25, 0.3) is 0 Å². The molecule has 1 rings (SSSR count). The lowest BCUT2D eigenvalue weighted by Gasteiger charge is -2.29. The minimum Gasteiger partial charge on any atom is -0.409 e. The molecule has 0 aromatic rings. The van der Waals surface area contributed by atoms with E-state index in [-0.39, 0.29) is 11.7 Å². The largest absolute Gasteiger partial charge is 0.409 e. The van der Waals surface area contributed by atoms with Crippen LogP contribution in [0.5, 0.6) is 0 Å². The number of amidine groups is 1. The van der Waals surface area contributed by atoms with Gasteiger partial charge in [-0.2, -0.15) is 11.8 Å². The van der Waals surface area contributed by atoms with Crippen LogP contribution in [0, 0.1) is 5.92 Å². The molecule has 1 aliphatic heterocycles. The maximum Gasteiger partial charge on any atom is 0.233 e. The third kappa shape index (κ3) is 3.02. The van der Waals surface area contributed by atoms with Gasteiger partial charge in [-0.25, -0.2) is 0 Å². The Balaban J connectivity index is 2.63. The first-order valence-electron chi connectivity index (χ1n) is 5.04. The van der Waals surface area contributed by atoms with E-state index in [0.717, 1.165) is 24.6 Å². The van der Waals surface area contributed by atoms with Gasteiger partial charge in [-0.1, -0.05) is 12.1 Å². The van der Waals surface area contributed by atoms with Gasteiger partial charge in [-0.3, -0.25) is 4.79 Å². The second kappa shape index (κ2) is 5.85. The van der Waals surface area contributed by atoms with Crippen molar-refractivity contribution in [3.8, 4) is 0 Å². The van der Waals surface area contributed by atoms with Crippen molar-refractivity contribution in [2.45, 2.75) is 13.3 Å². The Hall–Kier alpha value is -0.910. The average molecular weight is 231 g/mol. The van der Waals surface area contributed by atoms with Crippen LogP contribution in [0.15, 0.2) is 5.16 Å². The molecule has 0 aromatic heterocycles. The maximum atomic E-state index is 12.0. The predicted molar refractivity (Wildman–Crippen MR) is 61.1 cm³/mol. The summed E-state index contributed by atoms with van der Waals surface area (Å²) in [5, 5.41) is 11.5. The van der Waals surface area contributed by atoms with E-state index in [1.807, 2.05) is 18.7 Å². The Morgan fingerprint density at radius 1 is 1.60 bits per heavy atom. The van der Waals surface area contributed by atoms with E-state index in [1.165, 1.54) is 0 Å². The fraction of sp³-hybridized carbons (Fsp3) is 0.778. The zero-order chi connectivity index (χ0) is 11.3. The van der Waals surface area contributed by atoms with Crippen molar-refractivity contribution in [3.05, 3.63) is 0 Å². The van der Waals surface area contributed by atoms with E-state index in [2.05, 4.69) is 5.16 Å². The van der Waals surface area contributed by atoms with Crippen LogP contribution in [0.25, 0.3) is 0 Å². The molecule has 5 nitrogen and oxygen atoms in total. The molecule has 15 heavy (non-hydrogen) atoms. The summed E-state index contributed by atoms with van der Waals surface area (Å²) in [4.78, 5) is 13.8. The normalized spacial score (nSPS) is 20.1. The molecule has 1 amide bonds. The zero-order valence-corrected chi connectivity index (χ0v) is 9.66.